The van der Waals surface area contributed by atoms with E-state index < -0.39 is 35.1 Å². The maximum Gasteiger partial charge on any atom is 0.408 e. The molecule has 1 unspecified atom stereocenters. The summed E-state index contributed by atoms with van der Waals surface area (Å²) < 4.78 is 28.1. The van der Waals surface area contributed by atoms with E-state index in [-0.39, 0.29) is 12.1 Å². The normalized spacial score (nSPS) is 11.1. The number of nitrogens with one attached hydrogen (secondary N) is 2. The average molecular weight is 503 g/mol. The highest BCUT2D eigenvalue weighted by Gasteiger charge is 2.18. The van der Waals surface area contributed by atoms with Gasteiger partial charge in [-0.25, -0.2) is 4.79 Å². The molecule has 198 valence electrons. The van der Waals surface area contributed by atoms with Crippen molar-refractivity contribution in [3.05, 3.63) is 0 Å². The van der Waals surface area contributed by atoms with Gasteiger partial charge in [0, 0.05) is 7.11 Å². The molecule has 0 aliphatic heterocycles. The minimum atomic E-state index is -1.53. The van der Waals surface area contributed by atoms with Crippen LogP contribution in [-0.2, 0) is 43.6 Å². The molecular formula is C20H42N2O10S. The van der Waals surface area contributed by atoms with Gasteiger partial charge in [0.1, 0.15) is 18.4 Å². The largest absolute Gasteiger partial charge is 0.480 e. The summed E-state index contributed by atoms with van der Waals surface area (Å²) in [5, 5.41) is 12.3. The van der Waals surface area contributed by atoms with Gasteiger partial charge in [0.05, 0.1) is 25.9 Å². The lowest BCUT2D eigenvalue weighted by Gasteiger charge is -2.21. The fourth-order valence-corrected chi connectivity index (χ4v) is 1.28. The Morgan fingerprint density at radius 1 is 1.00 bits per heavy atom. The molecule has 0 spiro atoms. The van der Waals surface area contributed by atoms with Crippen molar-refractivity contribution in [2.75, 3.05) is 27.9 Å². The summed E-state index contributed by atoms with van der Waals surface area (Å²) in [6, 6.07) is -0.435. The molecule has 0 bridgehead atoms. The number of hydrogen-bond donors (Lipinski definition) is 3. The highest BCUT2D eigenvalue weighted by molar-refractivity contribution is 7.75. The van der Waals surface area contributed by atoms with Crippen molar-refractivity contribution in [3.8, 4) is 0 Å². The van der Waals surface area contributed by atoms with E-state index in [9.17, 15) is 23.4 Å². The topological polar surface area (TPSA) is 167 Å². The molecule has 0 aromatic heterocycles. The smallest absolute Gasteiger partial charge is 0.408 e. The first kappa shape index (κ1) is 38.2. The number of rotatable bonds is 9. The fraction of sp³-hybridized carbons (Fsp3) is 0.800. The Bertz CT molecular complexity index is 540. The summed E-state index contributed by atoms with van der Waals surface area (Å²) >= 11 is -1.53. The number of carbonyl (C=O) groups excluding carboxylic acids is 3. The van der Waals surface area contributed by atoms with Crippen LogP contribution in [0.2, 0.25) is 0 Å². The Balaban J connectivity index is -0.000000186. The van der Waals surface area contributed by atoms with Gasteiger partial charge in [0.15, 0.2) is 0 Å². The van der Waals surface area contributed by atoms with E-state index in [1.807, 2.05) is 33.0 Å². The Morgan fingerprint density at radius 2 is 1.45 bits per heavy atom. The third kappa shape index (κ3) is 44.4. The van der Waals surface area contributed by atoms with Crippen molar-refractivity contribution < 1.29 is 46.3 Å². The molecule has 0 fully saturated rings. The summed E-state index contributed by atoms with van der Waals surface area (Å²) in [5.74, 6) is -1.04. The van der Waals surface area contributed by atoms with Gasteiger partial charge in [-0.3, -0.25) is 18.0 Å². The quantitative estimate of drug-likeness (QED) is 0.397. The number of hydrogen-bond acceptors (Lipinski definition) is 9. The lowest BCUT2D eigenvalue weighted by molar-refractivity contribution is -0.136. The number of carboxylic acids is 1. The lowest BCUT2D eigenvalue weighted by atomic mass is 10.2. The Hall–Kier alpha value is -2.09. The monoisotopic (exact) mass is 502 g/mol. The molecule has 0 aromatic carbocycles. The van der Waals surface area contributed by atoms with Crippen LogP contribution in [0.5, 0.6) is 0 Å². The molecule has 2 amide bonds. The zero-order valence-corrected chi connectivity index (χ0v) is 22.2. The Morgan fingerprint density at radius 3 is 1.64 bits per heavy atom. The van der Waals surface area contributed by atoms with Gasteiger partial charge in [0.25, 0.3) is 0 Å². The fourth-order valence-electron chi connectivity index (χ4n) is 1.14. The van der Waals surface area contributed by atoms with Gasteiger partial charge in [-0.1, -0.05) is 13.3 Å². The van der Waals surface area contributed by atoms with Crippen LogP contribution < -0.4 is 10.6 Å². The van der Waals surface area contributed by atoms with E-state index in [0.717, 1.165) is 12.7 Å². The molecule has 12 nitrogen and oxygen atoms in total. The third-order valence-electron chi connectivity index (χ3n) is 2.69. The molecule has 0 radical (unpaired) electrons. The highest BCUT2D eigenvalue weighted by Crippen LogP contribution is 2.07. The molecule has 0 aliphatic rings. The summed E-state index contributed by atoms with van der Waals surface area (Å²) in [7, 11) is 4.32. The molecule has 1 atom stereocenters. The van der Waals surface area contributed by atoms with E-state index in [0.29, 0.717) is 12.8 Å². The van der Waals surface area contributed by atoms with Gasteiger partial charge < -0.3 is 30.0 Å². The first-order chi connectivity index (χ1) is 15.0. The first-order valence-corrected chi connectivity index (χ1v) is 10.9. The molecule has 13 heteroatoms. The molecule has 3 N–H and O–H groups in total. The summed E-state index contributed by atoms with van der Waals surface area (Å²) in [6.45, 7) is 13.1. The molecule has 0 aromatic rings. The summed E-state index contributed by atoms with van der Waals surface area (Å²) in [4.78, 5) is 40.6. The van der Waals surface area contributed by atoms with Crippen molar-refractivity contribution in [1.82, 2.24) is 10.6 Å². The van der Waals surface area contributed by atoms with Gasteiger partial charge in [-0.15, -0.1) is 0 Å². The van der Waals surface area contributed by atoms with Crippen LogP contribution in [0, 0.1) is 0 Å². The predicted octanol–water partition coefficient (Wildman–Crippen LogP) is 1.98. The van der Waals surface area contributed by atoms with Crippen molar-refractivity contribution in [2.45, 2.75) is 78.6 Å². The van der Waals surface area contributed by atoms with Crippen molar-refractivity contribution in [3.63, 3.8) is 0 Å². The van der Waals surface area contributed by atoms with Gasteiger partial charge in [0.2, 0.25) is 6.41 Å². The lowest BCUT2D eigenvalue weighted by Crippen LogP contribution is -2.39. The van der Waals surface area contributed by atoms with E-state index in [4.69, 9.17) is 14.6 Å². The molecule has 0 rings (SSSR count). The van der Waals surface area contributed by atoms with Crippen LogP contribution >= 0.6 is 0 Å². The summed E-state index contributed by atoms with van der Waals surface area (Å²) in [6.07, 6.45) is 2.02. The SMILES string of the molecule is CCCC(C=O)NC(=O)OC(C)(C)C.COC(C)(C)C.COS(=O)OC.O=CNCC(=O)O. The second kappa shape index (κ2) is 23.1. The van der Waals surface area contributed by atoms with E-state index in [2.05, 4.69) is 13.7 Å². The van der Waals surface area contributed by atoms with Crippen LogP contribution in [0.1, 0.15) is 61.3 Å². The molecule has 0 saturated heterocycles. The van der Waals surface area contributed by atoms with Crippen LogP contribution in [0.4, 0.5) is 4.79 Å². The standard InChI is InChI=1S/C10H19NO3.C5H12O.C3H5NO3.C2H6O3S/c1-5-6-8(7-12)11-9(13)14-10(2,3)4;1-5(2,3)6-4;5-2-4-1-3(6)7;1-4-6(3)5-2/h7-8H,5-6H2,1-4H3,(H,11,13);1-4H3;2H,1H2,(H,4,5)(H,6,7);1-2H3. The van der Waals surface area contributed by atoms with Crippen LogP contribution in [0.25, 0.3) is 0 Å². The number of methoxy groups -OCH3 is 1. The van der Waals surface area contributed by atoms with Crippen LogP contribution in [0.15, 0.2) is 0 Å². The number of ether oxygens (including phenoxy) is 2. The van der Waals surface area contributed by atoms with Gasteiger partial charge >= 0.3 is 23.4 Å². The van der Waals surface area contributed by atoms with Crippen LogP contribution in [0.3, 0.4) is 0 Å². The number of aliphatic carboxylic acids is 1. The number of aldehydes is 1. The molecule has 0 aliphatic carbocycles. The highest BCUT2D eigenvalue weighted by atomic mass is 32.2. The van der Waals surface area contributed by atoms with E-state index >= 15 is 0 Å². The maximum atomic E-state index is 11.2. The molecule has 0 heterocycles. The second-order valence-electron chi connectivity index (χ2n) is 7.92. The minimum absolute atomic E-state index is 0.0417. The maximum absolute atomic E-state index is 11.2. The number of amides is 2. The molecule has 0 saturated carbocycles. The molecular weight excluding hydrogens is 460 g/mol. The average Bonchev–Trinajstić information content (AvgIpc) is 2.70. The van der Waals surface area contributed by atoms with Crippen molar-refractivity contribution >= 4 is 36.1 Å². The molecule has 33 heavy (non-hydrogen) atoms. The Labute approximate surface area is 199 Å². The number of carbonyl (C=O) groups is 4. The van der Waals surface area contributed by atoms with Gasteiger partial charge in [-0.2, -0.15) is 4.21 Å². The summed E-state index contributed by atoms with van der Waals surface area (Å²) in [5.41, 5.74) is -0.482. The zero-order chi connectivity index (χ0) is 27.1. The Kier molecular flexibility index (Phi) is 26.7. The second-order valence-corrected chi connectivity index (χ2v) is 9.00. The van der Waals surface area contributed by atoms with E-state index in [1.165, 1.54) is 14.2 Å². The van der Waals surface area contributed by atoms with Crippen LogP contribution in [-0.4, -0.2) is 79.2 Å². The first-order valence-electron chi connectivity index (χ1n) is 9.92. The van der Waals surface area contributed by atoms with E-state index in [1.54, 1.807) is 27.9 Å². The minimum Gasteiger partial charge on any atom is -0.480 e. The van der Waals surface area contributed by atoms with Gasteiger partial charge in [-0.05, 0) is 48.0 Å². The zero-order valence-electron chi connectivity index (χ0n) is 21.4. The van der Waals surface area contributed by atoms with Crippen molar-refractivity contribution in [2.24, 2.45) is 0 Å². The number of carboxylic acid groups (broad SMARTS) is 1. The predicted molar refractivity (Wildman–Crippen MR) is 125 cm³/mol. The number of alkyl carbamates (subject to hydrolysis) is 1. The third-order valence-corrected chi connectivity index (χ3v) is 3.23. The van der Waals surface area contributed by atoms with Crippen molar-refractivity contribution in [1.29, 1.82) is 0 Å².